The number of aryl methyl sites for hydroxylation is 1. The lowest BCUT2D eigenvalue weighted by atomic mass is 10.1. The monoisotopic (exact) mass is 345 g/mol. The van der Waals surface area contributed by atoms with Crippen molar-refractivity contribution in [3.8, 4) is 0 Å². The fourth-order valence-corrected chi connectivity index (χ4v) is 4.41. The maximum absolute atomic E-state index is 12.6. The summed E-state index contributed by atoms with van der Waals surface area (Å²) < 4.78 is 26.8. The second-order valence-corrected chi connectivity index (χ2v) is 7.92. The third kappa shape index (κ3) is 3.60. The van der Waals surface area contributed by atoms with Gasteiger partial charge in [-0.05, 0) is 43.0 Å². The van der Waals surface area contributed by atoms with Gasteiger partial charge in [-0.25, -0.2) is 13.4 Å². The zero-order valence-electron chi connectivity index (χ0n) is 13.9. The lowest BCUT2D eigenvalue weighted by molar-refractivity contribution is 0.346. The van der Waals surface area contributed by atoms with Crippen molar-refractivity contribution in [2.24, 2.45) is 0 Å². The molecule has 3 rings (SSSR count). The molecule has 0 amide bonds. The van der Waals surface area contributed by atoms with Crippen molar-refractivity contribution in [1.29, 1.82) is 0 Å². The van der Waals surface area contributed by atoms with Crippen LogP contribution in [0.5, 0.6) is 0 Å². The molecule has 5 nitrogen and oxygen atoms in total. The molecule has 0 unspecified atom stereocenters. The Hall–Kier alpha value is -1.92. The highest BCUT2D eigenvalue weighted by Crippen LogP contribution is 2.23. The van der Waals surface area contributed by atoms with Gasteiger partial charge >= 0.3 is 0 Å². The van der Waals surface area contributed by atoms with Crippen LogP contribution in [0.3, 0.4) is 0 Å². The Bertz CT molecular complexity index is 782. The average molecular weight is 345 g/mol. The maximum atomic E-state index is 12.6. The Kier molecular flexibility index (Phi) is 5.16. The summed E-state index contributed by atoms with van der Waals surface area (Å²) in [5.41, 5.74) is 2.20. The van der Waals surface area contributed by atoms with Crippen molar-refractivity contribution in [3.05, 3.63) is 48.2 Å². The second-order valence-electron chi connectivity index (χ2n) is 5.98. The number of aromatic nitrogens is 1. The van der Waals surface area contributed by atoms with Crippen molar-refractivity contribution < 1.29 is 8.42 Å². The molecule has 1 fully saturated rings. The van der Waals surface area contributed by atoms with Gasteiger partial charge in [-0.3, -0.25) is 0 Å². The first-order valence-corrected chi connectivity index (χ1v) is 9.86. The van der Waals surface area contributed by atoms with Crippen LogP contribution < -0.4 is 5.32 Å². The number of piperidine rings is 1. The minimum atomic E-state index is -3.42. The molecule has 1 saturated heterocycles. The zero-order valence-corrected chi connectivity index (χ0v) is 14.7. The van der Waals surface area contributed by atoms with Crippen LogP contribution in [0, 0.1) is 0 Å². The van der Waals surface area contributed by atoms with E-state index in [-0.39, 0.29) is 4.90 Å². The van der Waals surface area contributed by atoms with E-state index in [0.717, 1.165) is 31.4 Å². The normalized spacial score (nSPS) is 16.0. The molecule has 1 aliphatic heterocycles. The molecular formula is C18H23N3O2S. The zero-order chi connectivity index (χ0) is 17.0. The van der Waals surface area contributed by atoms with Crippen LogP contribution in [0.25, 0.3) is 0 Å². The second kappa shape index (κ2) is 7.32. The van der Waals surface area contributed by atoms with Gasteiger partial charge in [0.15, 0.2) is 0 Å². The predicted molar refractivity (Wildman–Crippen MR) is 95.9 cm³/mol. The first-order chi connectivity index (χ1) is 11.6. The van der Waals surface area contributed by atoms with Gasteiger partial charge in [0, 0.05) is 25.0 Å². The summed E-state index contributed by atoms with van der Waals surface area (Å²) in [5, 5.41) is 3.26. The predicted octanol–water partition coefficient (Wildman–Crippen LogP) is 3.56. The summed E-state index contributed by atoms with van der Waals surface area (Å²) in [7, 11) is -3.42. The molecule has 24 heavy (non-hydrogen) atoms. The van der Waals surface area contributed by atoms with E-state index in [4.69, 9.17) is 0 Å². The first-order valence-electron chi connectivity index (χ1n) is 8.42. The SMILES string of the molecule is CCc1ccccc1Nc1ccc(S(=O)(=O)N2CCCCC2)cn1. The molecule has 0 bridgehead atoms. The summed E-state index contributed by atoms with van der Waals surface area (Å²) in [6.45, 7) is 3.31. The number of para-hydroxylation sites is 1. The third-order valence-corrected chi connectivity index (χ3v) is 6.23. The largest absolute Gasteiger partial charge is 0.340 e. The number of hydrogen-bond donors (Lipinski definition) is 1. The van der Waals surface area contributed by atoms with Crippen molar-refractivity contribution in [2.45, 2.75) is 37.5 Å². The minimum absolute atomic E-state index is 0.263. The molecule has 1 aromatic carbocycles. The number of nitrogens with zero attached hydrogens (tertiary/aromatic N) is 2. The van der Waals surface area contributed by atoms with E-state index < -0.39 is 10.0 Å². The highest BCUT2D eigenvalue weighted by Gasteiger charge is 2.26. The van der Waals surface area contributed by atoms with E-state index >= 15 is 0 Å². The third-order valence-electron chi connectivity index (χ3n) is 4.35. The summed E-state index contributed by atoms with van der Waals surface area (Å²) >= 11 is 0. The standard InChI is InChI=1S/C18H23N3O2S/c1-2-15-8-4-5-9-17(15)20-18-11-10-16(14-19-18)24(22,23)21-12-6-3-7-13-21/h4-5,8-11,14H,2-3,6-7,12-13H2,1H3,(H,19,20). The molecule has 0 atom stereocenters. The molecule has 2 aromatic rings. The van der Waals surface area contributed by atoms with Gasteiger partial charge in [0.25, 0.3) is 0 Å². The molecule has 0 spiro atoms. The topological polar surface area (TPSA) is 62.3 Å². The lowest BCUT2D eigenvalue weighted by Crippen LogP contribution is -2.35. The maximum Gasteiger partial charge on any atom is 0.244 e. The molecule has 0 radical (unpaired) electrons. The molecule has 1 aromatic heterocycles. The number of hydrogen-bond acceptors (Lipinski definition) is 4. The van der Waals surface area contributed by atoms with Crippen LogP contribution in [-0.2, 0) is 16.4 Å². The summed E-state index contributed by atoms with van der Waals surface area (Å²) in [4.78, 5) is 4.56. The van der Waals surface area contributed by atoms with Crippen molar-refractivity contribution in [1.82, 2.24) is 9.29 Å². The number of nitrogens with one attached hydrogen (secondary N) is 1. The smallest absolute Gasteiger partial charge is 0.244 e. The highest BCUT2D eigenvalue weighted by molar-refractivity contribution is 7.89. The van der Waals surface area contributed by atoms with Gasteiger partial charge in [-0.15, -0.1) is 0 Å². The molecule has 1 aliphatic rings. The Morgan fingerprint density at radius 1 is 1.08 bits per heavy atom. The fraction of sp³-hybridized carbons (Fsp3) is 0.389. The van der Waals surface area contributed by atoms with Crippen LogP contribution in [0.1, 0.15) is 31.7 Å². The molecule has 1 N–H and O–H groups in total. The van der Waals surface area contributed by atoms with Crippen LogP contribution in [0.2, 0.25) is 0 Å². The van der Waals surface area contributed by atoms with E-state index in [9.17, 15) is 8.42 Å². The van der Waals surface area contributed by atoms with Crippen molar-refractivity contribution >= 4 is 21.5 Å². The van der Waals surface area contributed by atoms with Crippen LogP contribution in [-0.4, -0.2) is 30.8 Å². The Morgan fingerprint density at radius 2 is 1.83 bits per heavy atom. The summed E-state index contributed by atoms with van der Waals surface area (Å²) in [6, 6.07) is 11.4. The van der Waals surface area contributed by atoms with Crippen molar-refractivity contribution in [2.75, 3.05) is 18.4 Å². The van der Waals surface area contributed by atoms with Crippen molar-refractivity contribution in [3.63, 3.8) is 0 Å². The first kappa shape index (κ1) is 16.9. The van der Waals surface area contributed by atoms with Gasteiger partial charge in [0.1, 0.15) is 10.7 Å². The fourth-order valence-electron chi connectivity index (χ4n) is 2.95. The van der Waals surface area contributed by atoms with E-state index in [1.807, 2.05) is 18.2 Å². The highest BCUT2D eigenvalue weighted by atomic mass is 32.2. The molecular weight excluding hydrogens is 322 g/mol. The quantitative estimate of drug-likeness (QED) is 0.900. The Labute approximate surface area is 143 Å². The summed E-state index contributed by atoms with van der Waals surface area (Å²) in [5.74, 6) is 0.647. The number of pyridine rings is 1. The van der Waals surface area contributed by atoms with Gasteiger partial charge in [0.2, 0.25) is 10.0 Å². The number of sulfonamides is 1. The van der Waals surface area contributed by atoms with Gasteiger partial charge in [-0.1, -0.05) is 31.5 Å². The lowest BCUT2D eigenvalue weighted by Gasteiger charge is -2.25. The van der Waals surface area contributed by atoms with Gasteiger partial charge < -0.3 is 5.32 Å². The molecule has 0 saturated carbocycles. The molecule has 6 heteroatoms. The van der Waals surface area contributed by atoms with E-state index in [0.29, 0.717) is 18.9 Å². The van der Waals surface area contributed by atoms with Gasteiger partial charge in [-0.2, -0.15) is 4.31 Å². The number of rotatable bonds is 5. The Morgan fingerprint density at radius 3 is 2.50 bits per heavy atom. The average Bonchev–Trinajstić information content (AvgIpc) is 2.63. The summed E-state index contributed by atoms with van der Waals surface area (Å²) in [6.07, 6.45) is 5.33. The van der Waals surface area contributed by atoms with Crippen LogP contribution in [0.15, 0.2) is 47.5 Å². The Balaban J connectivity index is 1.78. The number of anilines is 2. The van der Waals surface area contributed by atoms with E-state index in [1.165, 1.54) is 11.8 Å². The molecule has 2 heterocycles. The van der Waals surface area contributed by atoms with Crippen LogP contribution in [0.4, 0.5) is 11.5 Å². The molecule has 128 valence electrons. The number of benzene rings is 1. The van der Waals surface area contributed by atoms with Gasteiger partial charge in [0.05, 0.1) is 0 Å². The van der Waals surface area contributed by atoms with E-state index in [2.05, 4.69) is 23.3 Å². The van der Waals surface area contributed by atoms with Crippen LogP contribution >= 0.6 is 0 Å². The van der Waals surface area contributed by atoms with E-state index in [1.54, 1.807) is 16.4 Å². The molecule has 0 aliphatic carbocycles. The minimum Gasteiger partial charge on any atom is -0.340 e.